The van der Waals surface area contributed by atoms with E-state index in [4.69, 9.17) is 14.7 Å². The molecule has 28 heavy (non-hydrogen) atoms. The zero-order valence-electron chi connectivity index (χ0n) is 15.0. The molecule has 3 aromatic heterocycles. The molecule has 0 amide bonds. The highest BCUT2D eigenvalue weighted by molar-refractivity contribution is 5.94. The van der Waals surface area contributed by atoms with Crippen LogP contribution in [-0.2, 0) is 0 Å². The number of aromatic amines is 1. The molecule has 0 unspecified atom stereocenters. The molecular formula is C21H16N6O. The maximum Gasteiger partial charge on any atom is 0.163 e. The molecule has 0 saturated heterocycles. The van der Waals surface area contributed by atoms with Crippen LogP contribution in [-0.4, -0.2) is 32.0 Å². The number of nitrogens with zero attached hydrogens (tertiary/aromatic N) is 4. The Morgan fingerprint density at radius 1 is 1.00 bits per heavy atom. The van der Waals surface area contributed by atoms with E-state index >= 15 is 0 Å². The summed E-state index contributed by atoms with van der Waals surface area (Å²) in [5, 5.41) is 4.28. The Balaban J connectivity index is 1.67. The van der Waals surface area contributed by atoms with E-state index < -0.39 is 0 Å². The van der Waals surface area contributed by atoms with Crippen LogP contribution in [0.15, 0.2) is 67.3 Å². The molecule has 7 heteroatoms. The molecule has 0 atom stereocenters. The Morgan fingerprint density at radius 2 is 1.96 bits per heavy atom. The Hall–Kier alpha value is -4.00. The predicted octanol–water partition coefficient (Wildman–Crippen LogP) is 4.32. The first-order valence-electron chi connectivity index (χ1n) is 8.76. The summed E-state index contributed by atoms with van der Waals surface area (Å²) in [4.78, 5) is 21.1. The van der Waals surface area contributed by atoms with E-state index in [1.165, 1.54) is 0 Å². The summed E-state index contributed by atoms with van der Waals surface area (Å²) in [5.41, 5.74) is 4.42. The van der Waals surface area contributed by atoms with Crippen molar-refractivity contribution in [3.8, 4) is 17.1 Å². The van der Waals surface area contributed by atoms with Gasteiger partial charge in [0, 0.05) is 29.0 Å². The first-order chi connectivity index (χ1) is 13.8. The topological polar surface area (TPSA) is 88.6 Å². The van der Waals surface area contributed by atoms with E-state index in [0.717, 1.165) is 38.9 Å². The van der Waals surface area contributed by atoms with E-state index in [1.54, 1.807) is 25.8 Å². The van der Waals surface area contributed by atoms with Gasteiger partial charge in [0.25, 0.3) is 0 Å². The van der Waals surface area contributed by atoms with E-state index in [9.17, 15) is 0 Å². The first-order valence-corrected chi connectivity index (χ1v) is 8.76. The number of rotatable bonds is 4. The number of fused-ring (bicyclic) bond motifs is 2. The normalized spacial score (nSPS) is 11.0. The van der Waals surface area contributed by atoms with Gasteiger partial charge in [0.1, 0.15) is 11.6 Å². The molecule has 0 aliphatic heterocycles. The molecule has 0 aliphatic carbocycles. The lowest BCUT2D eigenvalue weighted by atomic mass is 10.2. The lowest BCUT2D eigenvalue weighted by Gasteiger charge is -2.12. The van der Waals surface area contributed by atoms with Gasteiger partial charge >= 0.3 is 0 Å². The van der Waals surface area contributed by atoms with Gasteiger partial charge in [-0.05, 0) is 48.5 Å². The molecular weight excluding hydrogens is 352 g/mol. The minimum absolute atomic E-state index is 0.606. The molecule has 0 spiro atoms. The summed E-state index contributed by atoms with van der Waals surface area (Å²) in [6.07, 6.45) is 5.16. The van der Waals surface area contributed by atoms with Gasteiger partial charge in [-0.3, -0.25) is 4.98 Å². The van der Waals surface area contributed by atoms with Crippen LogP contribution < -0.4 is 10.1 Å². The summed E-state index contributed by atoms with van der Waals surface area (Å²) < 4.78 is 5.38. The van der Waals surface area contributed by atoms with E-state index in [0.29, 0.717) is 11.6 Å². The molecule has 5 rings (SSSR count). The second kappa shape index (κ2) is 6.62. The lowest BCUT2D eigenvalue weighted by molar-refractivity contribution is 0.415. The summed E-state index contributed by atoms with van der Waals surface area (Å²) in [5.74, 6) is 2.04. The summed E-state index contributed by atoms with van der Waals surface area (Å²) in [6, 6.07) is 15.5. The highest BCUT2D eigenvalue weighted by atomic mass is 16.5. The quantitative estimate of drug-likeness (QED) is 0.491. The predicted molar refractivity (Wildman–Crippen MR) is 109 cm³/mol. The number of hydrogen-bond donors (Lipinski definition) is 2. The number of hydrogen-bond acceptors (Lipinski definition) is 6. The minimum atomic E-state index is 0.606. The van der Waals surface area contributed by atoms with Crippen LogP contribution in [0, 0.1) is 0 Å². The summed E-state index contributed by atoms with van der Waals surface area (Å²) >= 11 is 0. The Morgan fingerprint density at radius 3 is 2.82 bits per heavy atom. The second-order valence-corrected chi connectivity index (χ2v) is 6.28. The average molecular weight is 368 g/mol. The molecule has 136 valence electrons. The van der Waals surface area contributed by atoms with Gasteiger partial charge in [-0.25, -0.2) is 15.0 Å². The standard InChI is InChI=1S/C21H16N6O/c1-28-15-5-7-17-16(10-15)21(27-20(26-17)13-3-2-8-22-11-13)25-14-4-6-18-19(9-14)24-12-23-18/h2-12H,1H3,(H,23,24)(H,25,26,27). The molecule has 0 aliphatic rings. The van der Waals surface area contributed by atoms with Gasteiger partial charge < -0.3 is 15.0 Å². The number of ether oxygens (including phenoxy) is 1. The van der Waals surface area contributed by atoms with Crippen LogP contribution in [0.2, 0.25) is 0 Å². The maximum absolute atomic E-state index is 5.38. The SMILES string of the molecule is COc1ccc2nc(-c3cccnc3)nc(Nc3ccc4[nH]cnc4c3)c2c1. The number of methoxy groups -OCH3 is 1. The van der Waals surface area contributed by atoms with Gasteiger partial charge in [-0.2, -0.15) is 0 Å². The smallest absolute Gasteiger partial charge is 0.163 e. The van der Waals surface area contributed by atoms with Crippen molar-refractivity contribution < 1.29 is 4.74 Å². The largest absolute Gasteiger partial charge is 0.497 e. The van der Waals surface area contributed by atoms with Crippen LogP contribution in [0.5, 0.6) is 5.75 Å². The monoisotopic (exact) mass is 368 g/mol. The van der Waals surface area contributed by atoms with Crippen molar-refractivity contribution in [2.75, 3.05) is 12.4 Å². The van der Waals surface area contributed by atoms with Crippen LogP contribution in [0.3, 0.4) is 0 Å². The number of imidazole rings is 1. The number of pyridine rings is 1. The van der Waals surface area contributed by atoms with Gasteiger partial charge in [0.2, 0.25) is 0 Å². The zero-order valence-corrected chi connectivity index (χ0v) is 15.0. The number of aromatic nitrogens is 5. The van der Waals surface area contributed by atoms with Gasteiger partial charge in [0.15, 0.2) is 5.82 Å². The van der Waals surface area contributed by atoms with Crippen LogP contribution in [0.25, 0.3) is 33.3 Å². The van der Waals surface area contributed by atoms with Crippen molar-refractivity contribution in [3.63, 3.8) is 0 Å². The maximum atomic E-state index is 5.38. The number of anilines is 2. The Labute approximate surface area is 160 Å². The number of benzene rings is 2. The molecule has 7 nitrogen and oxygen atoms in total. The third-order valence-corrected chi connectivity index (χ3v) is 4.51. The number of H-pyrrole nitrogens is 1. The molecule has 2 N–H and O–H groups in total. The van der Waals surface area contributed by atoms with Crippen molar-refractivity contribution in [3.05, 3.63) is 67.3 Å². The average Bonchev–Trinajstić information content (AvgIpc) is 3.22. The van der Waals surface area contributed by atoms with Crippen molar-refractivity contribution in [2.24, 2.45) is 0 Å². The fourth-order valence-corrected chi connectivity index (χ4v) is 3.10. The van der Waals surface area contributed by atoms with E-state index in [1.807, 2.05) is 48.5 Å². The van der Waals surface area contributed by atoms with Crippen molar-refractivity contribution in [1.82, 2.24) is 24.9 Å². The van der Waals surface area contributed by atoms with Crippen LogP contribution >= 0.6 is 0 Å². The van der Waals surface area contributed by atoms with Gasteiger partial charge in [-0.1, -0.05) is 0 Å². The third-order valence-electron chi connectivity index (χ3n) is 4.51. The number of nitrogens with one attached hydrogen (secondary N) is 2. The lowest BCUT2D eigenvalue weighted by Crippen LogP contribution is -2.00. The van der Waals surface area contributed by atoms with E-state index in [-0.39, 0.29) is 0 Å². The Kier molecular flexibility index (Phi) is 3.83. The first kappa shape index (κ1) is 16.2. The summed E-state index contributed by atoms with van der Waals surface area (Å²) in [7, 11) is 1.64. The van der Waals surface area contributed by atoms with Crippen LogP contribution in [0.1, 0.15) is 0 Å². The van der Waals surface area contributed by atoms with Crippen molar-refractivity contribution in [2.45, 2.75) is 0 Å². The highest BCUT2D eigenvalue weighted by Crippen LogP contribution is 2.30. The molecule has 0 radical (unpaired) electrons. The van der Waals surface area contributed by atoms with Gasteiger partial charge in [-0.15, -0.1) is 0 Å². The van der Waals surface area contributed by atoms with E-state index in [2.05, 4.69) is 20.3 Å². The molecule has 5 aromatic rings. The second-order valence-electron chi connectivity index (χ2n) is 6.28. The molecule has 0 fully saturated rings. The summed E-state index contributed by atoms with van der Waals surface area (Å²) in [6.45, 7) is 0. The molecule has 3 heterocycles. The molecule has 0 saturated carbocycles. The van der Waals surface area contributed by atoms with Crippen molar-refractivity contribution >= 4 is 33.4 Å². The van der Waals surface area contributed by atoms with Crippen molar-refractivity contribution in [1.29, 1.82) is 0 Å². The fourth-order valence-electron chi connectivity index (χ4n) is 3.10. The fraction of sp³-hybridized carbons (Fsp3) is 0.0476. The zero-order chi connectivity index (χ0) is 18.9. The molecule has 0 bridgehead atoms. The third kappa shape index (κ3) is 2.88. The Bertz CT molecular complexity index is 1280. The molecule has 2 aromatic carbocycles. The van der Waals surface area contributed by atoms with Gasteiger partial charge in [0.05, 0.1) is 30.0 Å². The highest BCUT2D eigenvalue weighted by Gasteiger charge is 2.12. The van der Waals surface area contributed by atoms with Crippen LogP contribution in [0.4, 0.5) is 11.5 Å². The minimum Gasteiger partial charge on any atom is -0.497 e.